The smallest absolute Gasteiger partial charge is 0.256 e. The normalized spacial score (nSPS) is 10.3. The van der Waals surface area contributed by atoms with Crippen LogP contribution >= 0.6 is 11.8 Å². The summed E-state index contributed by atoms with van der Waals surface area (Å²) in [6, 6.07) is 23.7. The number of thioether (sulfide) groups is 1. The van der Waals surface area contributed by atoms with E-state index < -0.39 is 0 Å². The zero-order valence-electron chi connectivity index (χ0n) is 14.4. The number of anilines is 1. The Kier molecular flexibility index (Phi) is 5.87. The third-order valence-corrected chi connectivity index (χ3v) is 4.84. The van der Waals surface area contributed by atoms with Gasteiger partial charge >= 0.3 is 0 Å². The molecule has 3 aromatic rings. The number of para-hydroxylation sites is 1. The largest absolute Gasteiger partial charge is 0.321 e. The van der Waals surface area contributed by atoms with Gasteiger partial charge in [0.05, 0.1) is 11.3 Å². The van der Waals surface area contributed by atoms with Crippen molar-refractivity contribution in [3.8, 4) is 0 Å². The van der Waals surface area contributed by atoms with Crippen LogP contribution in [0.15, 0.2) is 83.8 Å². The standard InChI is InChI=1S/C22H19NO2S/c1-2-26-20-15-9-7-13-18(20)22(25)23-19-14-8-6-12-17(19)21(24)16-10-4-3-5-11-16/h3-15H,2H2,1H3,(H,23,25). The van der Waals surface area contributed by atoms with Gasteiger partial charge in [-0.3, -0.25) is 9.59 Å². The van der Waals surface area contributed by atoms with Gasteiger partial charge in [0, 0.05) is 16.0 Å². The first-order valence-electron chi connectivity index (χ1n) is 8.42. The zero-order chi connectivity index (χ0) is 18.4. The van der Waals surface area contributed by atoms with Gasteiger partial charge in [0.15, 0.2) is 5.78 Å². The molecule has 0 unspecified atom stereocenters. The molecular formula is C22H19NO2S. The lowest BCUT2D eigenvalue weighted by Gasteiger charge is -2.12. The highest BCUT2D eigenvalue weighted by atomic mass is 32.2. The molecule has 1 N–H and O–H groups in total. The van der Waals surface area contributed by atoms with Crippen molar-refractivity contribution in [2.45, 2.75) is 11.8 Å². The van der Waals surface area contributed by atoms with Gasteiger partial charge < -0.3 is 5.32 Å². The molecule has 0 bridgehead atoms. The number of carbonyl (C=O) groups is 2. The van der Waals surface area contributed by atoms with E-state index in [-0.39, 0.29) is 11.7 Å². The van der Waals surface area contributed by atoms with E-state index >= 15 is 0 Å². The minimum Gasteiger partial charge on any atom is -0.321 e. The molecule has 0 atom stereocenters. The molecule has 26 heavy (non-hydrogen) atoms. The van der Waals surface area contributed by atoms with E-state index in [1.54, 1.807) is 48.2 Å². The number of rotatable bonds is 6. The highest BCUT2D eigenvalue weighted by molar-refractivity contribution is 7.99. The van der Waals surface area contributed by atoms with E-state index in [2.05, 4.69) is 5.32 Å². The fourth-order valence-electron chi connectivity index (χ4n) is 2.66. The van der Waals surface area contributed by atoms with Crippen LogP contribution in [0.2, 0.25) is 0 Å². The van der Waals surface area contributed by atoms with Crippen molar-refractivity contribution < 1.29 is 9.59 Å². The quantitative estimate of drug-likeness (QED) is 0.480. The van der Waals surface area contributed by atoms with Gasteiger partial charge in [-0.25, -0.2) is 0 Å². The number of carbonyl (C=O) groups excluding carboxylic acids is 2. The fraction of sp³-hybridized carbons (Fsp3) is 0.0909. The lowest BCUT2D eigenvalue weighted by atomic mass is 10.0. The van der Waals surface area contributed by atoms with Crippen LogP contribution in [0.25, 0.3) is 0 Å². The predicted molar refractivity (Wildman–Crippen MR) is 107 cm³/mol. The van der Waals surface area contributed by atoms with E-state index in [1.807, 2.05) is 49.4 Å². The highest BCUT2D eigenvalue weighted by Crippen LogP contribution is 2.25. The molecular weight excluding hydrogens is 342 g/mol. The Morgan fingerprint density at radius 1 is 0.808 bits per heavy atom. The summed E-state index contributed by atoms with van der Waals surface area (Å²) in [6.45, 7) is 2.05. The summed E-state index contributed by atoms with van der Waals surface area (Å²) in [5.41, 5.74) is 2.20. The molecule has 0 spiro atoms. The summed E-state index contributed by atoms with van der Waals surface area (Å²) < 4.78 is 0. The average Bonchev–Trinajstić information content (AvgIpc) is 2.69. The first-order chi connectivity index (χ1) is 12.7. The molecule has 0 fully saturated rings. The molecule has 0 aromatic heterocycles. The molecule has 0 radical (unpaired) electrons. The van der Waals surface area contributed by atoms with Crippen LogP contribution in [0, 0.1) is 0 Å². The zero-order valence-corrected chi connectivity index (χ0v) is 15.3. The van der Waals surface area contributed by atoms with Crippen molar-refractivity contribution in [3.63, 3.8) is 0 Å². The maximum atomic E-state index is 12.8. The van der Waals surface area contributed by atoms with E-state index in [1.165, 1.54) is 0 Å². The Bertz CT molecular complexity index is 922. The lowest BCUT2D eigenvalue weighted by molar-refractivity contribution is 0.102. The molecule has 130 valence electrons. The van der Waals surface area contributed by atoms with Gasteiger partial charge in [-0.1, -0.05) is 61.5 Å². The molecule has 0 aliphatic carbocycles. The van der Waals surface area contributed by atoms with Gasteiger partial charge in [-0.2, -0.15) is 0 Å². The van der Waals surface area contributed by atoms with Crippen LogP contribution in [-0.4, -0.2) is 17.4 Å². The van der Waals surface area contributed by atoms with Crippen molar-refractivity contribution in [2.24, 2.45) is 0 Å². The Morgan fingerprint density at radius 2 is 1.42 bits per heavy atom. The van der Waals surface area contributed by atoms with Crippen LogP contribution in [0.4, 0.5) is 5.69 Å². The molecule has 0 saturated heterocycles. The maximum absolute atomic E-state index is 12.8. The van der Waals surface area contributed by atoms with Crippen molar-refractivity contribution in [1.29, 1.82) is 0 Å². The van der Waals surface area contributed by atoms with Gasteiger partial charge in [-0.15, -0.1) is 11.8 Å². The molecule has 0 aliphatic rings. The SMILES string of the molecule is CCSc1ccccc1C(=O)Nc1ccccc1C(=O)c1ccccc1. The molecule has 3 nitrogen and oxygen atoms in total. The van der Waals surface area contributed by atoms with Crippen LogP contribution in [-0.2, 0) is 0 Å². The van der Waals surface area contributed by atoms with Crippen molar-refractivity contribution >= 4 is 29.1 Å². The van der Waals surface area contributed by atoms with Crippen molar-refractivity contribution in [2.75, 3.05) is 11.1 Å². The minimum atomic E-state index is -0.213. The van der Waals surface area contributed by atoms with Gasteiger partial charge in [0.2, 0.25) is 0 Å². The number of ketones is 1. The Balaban J connectivity index is 1.90. The summed E-state index contributed by atoms with van der Waals surface area (Å²) in [5, 5.41) is 2.90. The van der Waals surface area contributed by atoms with Gasteiger partial charge in [-0.05, 0) is 30.0 Å². The summed E-state index contributed by atoms with van der Waals surface area (Å²) in [6.07, 6.45) is 0. The fourth-order valence-corrected chi connectivity index (χ4v) is 3.46. The summed E-state index contributed by atoms with van der Waals surface area (Å²) in [5.74, 6) is 0.556. The van der Waals surface area contributed by atoms with Gasteiger partial charge in [0.1, 0.15) is 0 Å². The van der Waals surface area contributed by atoms with Gasteiger partial charge in [0.25, 0.3) is 5.91 Å². The van der Waals surface area contributed by atoms with Crippen molar-refractivity contribution in [3.05, 3.63) is 95.6 Å². The second kappa shape index (κ2) is 8.50. The van der Waals surface area contributed by atoms with Crippen molar-refractivity contribution in [1.82, 2.24) is 0 Å². The minimum absolute atomic E-state index is 0.113. The number of amides is 1. The number of hydrogen-bond donors (Lipinski definition) is 1. The Labute approximate surface area is 157 Å². The molecule has 0 aliphatic heterocycles. The number of benzene rings is 3. The molecule has 3 aromatic carbocycles. The van der Waals surface area contributed by atoms with E-state index in [0.29, 0.717) is 22.4 Å². The topological polar surface area (TPSA) is 46.2 Å². The Hall–Kier alpha value is -2.85. The second-order valence-corrected chi connectivity index (χ2v) is 6.93. The molecule has 0 saturated carbocycles. The second-order valence-electron chi connectivity index (χ2n) is 5.62. The summed E-state index contributed by atoms with van der Waals surface area (Å²) >= 11 is 1.62. The lowest BCUT2D eigenvalue weighted by Crippen LogP contribution is -2.16. The monoisotopic (exact) mass is 361 g/mol. The number of nitrogens with one attached hydrogen (secondary N) is 1. The third-order valence-electron chi connectivity index (χ3n) is 3.89. The van der Waals surface area contributed by atoms with Crippen LogP contribution in [0.3, 0.4) is 0 Å². The first-order valence-corrected chi connectivity index (χ1v) is 9.41. The third kappa shape index (κ3) is 4.03. The molecule has 0 heterocycles. The summed E-state index contributed by atoms with van der Waals surface area (Å²) in [7, 11) is 0. The molecule has 1 amide bonds. The highest BCUT2D eigenvalue weighted by Gasteiger charge is 2.17. The molecule has 4 heteroatoms. The number of hydrogen-bond acceptors (Lipinski definition) is 3. The maximum Gasteiger partial charge on any atom is 0.256 e. The van der Waals surface area contributed by atoms with E-state index in [4.69, 9.17) is 0 Å². The van der Waals surface area contributed by atoms with Crippen LogP contribution in [0.1, 0.15) is 33.2 Å². The average molecular weight is 361 g/mol. The van der Waals surface area contributed by atoms with Crippen LogP contribution < -0.4 is 5.32 Å². The van der Waals surface area contributed by atoms with E-state index in [9.17, 15) is 9.59 Å². The van der Waals surface area contributed by atoms with E-state index in [0.717, 1.165) is 10.6 Å². The first kappa shape index (κ1) is 18.0. The predicted octanol–water partition coefficient (Wildman–Crippen LogP) is 5.28. The summed E-state index contributed by atoms with van der Waals surface area (Å²) in [4.78, 5) is 26.5. The molecule has 3 rings (SSSR count). The van der Waals surface area contributed by atoms with Crippen LogP contribution in [0.5, 0.6) is 0 Å². The Morgan fingerprint density at radius 3 is 2.15 bits per heavy atom.